The van der Waals surface area contributed by atoms with E-state index in [0.717, 1.165) is 5.69 Å². The number of nitrogens with one attached hydrogen (secondary N) is 1. The van der Waals surface area contributed by atoms with Crippen LogP contribution >= 0.6 is 23.2 Å². The van der Waals surface area contributed by atoms with E-state index in [9.17, 15) is 4.79 Å². The van der Waals surface area contributed by atoms with Gasteiger partial charge >= 0.3 is 0 Å². The Kier molecular flexibility index (Phi) is 5.20. The number of aromatic nitrogens is 2. The fourth-order valence-corrected chi connectivity index (χ4v) is 2.87. The lowest BCUT2D eigenvalue weighted by molar-refractivity contribution is 0.0974. The Hall–Kier alpha value is -2.18. The minimum Gasteiger partial charge on any atom is -0.308 e. The SMILES string of the molecule is CC(C)C1CN(c2ccc(Cl)c(Cl)c2)N=C1NC(=O)c1cncnc1. The second-order valence-electron chi connectivity index (χ2n) is 6.10. The average molecular weight is 378 g/mol. The van der Waals surface area contributed by atoms with Gasteiger partial charge in [-0.15, -0.1) is 0 Å². The number of hydrogen-bond donors (Lipinski definition) is 1. The first-order valence-electron chi connectivity index (χ1n) is 7.83. The number of carbonyl (C=O) groups is 1. The van der Waals surface area contributed by atoms with E-state index in [1.165, 1.54) is 18.7 Å². The number of hydrogen-bond acceptors (Lipinski definition) is 5. The molecule has 0 saturated heterocycles. The highest BCUT2D eigenvalue weighted by atomic mass is 35.5. The summed E-state index contributed by atoms with van der Waals surface area (Å²) in [5.41, 5.74) is 1.22. The number of nitrogens with zero attached hydrogens (tertiary/aromatic N) is 4. The molecule has 1 N–H and O–H groups in total. The quantitative estimate of drug-likeness (QED) is 0.886. The van der Waals surface area contributed by atoms with Crippen LogP contribution in [0.4, 0.5) is 5.69 Å². The Morgan fingerprint density at radius 2 is 1.96 bits per heavy atom. The summed E-state index contributed by atoms with van der Waals surface area (Å²) >= 11 is 12.1. The predicted molar refractivity (Wildman–Crippen MR) is 99.1 cm³/mol. The molecule has 25 heavy (non-hydrogen) atoms. The zero-order valence-corrected chi connectivity index (χ0v) is 15.3. The molecule has 8 heteroatoms. The number of carbonyl (C=O) groups excluding carboxylic acids is 1. The highest BCUT2D eigenvalue weighted by molar-refractivity contribution is 6.42. The molecule has 130 valence electrons. The first-order chi connectivity index (χ1) is 12.0. The zero-order chi connectivity index (χ0) is 18.0. The number of amides is 1. The topological polar surface area (TPSA) is 70.5 Å². The fourth-order valence-electron chi connectivity index (χ4n) is 2.58. The van der Waals surface area contributed by atoms with Crippen molar-refractivity contribution in [2.45, 2.75) is 13.8 Å². The standard InChI is InChI=1S/C17H17Cl2N5O/c1-10(2)13-8-24(12-3-4-14(18)15(19)5-12)23-16(13)22-17(25)11-6-20-9-21-7-11/h3-7,9-10,13H,8H2,1-2H3,(H,22,23,25). The Bertz CT molecular complexity index is 810. The molecular formula is C17H17Cl2N5O. The van der Waals surface area contributed by atoms with Crippen molar-refractivity contribution in [3.05, 3.63) is 52.5 Å². The molecule has 6 nitrogen and oxygen atoms in total. The van der Waals surface area contributed by atoms with E-state index in [1.807, 2.05) is 11.1 Å². The summed E-state index contributed by atoms with van der Waals surface area (Å²) in [6.07, 6.45) is 4.32. The number of rotatable bonds is 3. The minimum atomic E-state index is -0.277. The number of halogens is 2. The van der Waals surface area contributed by atoms with Gasteiger partial charge in [0.2, 0.25) is 0 Å². The average Bonchev–Trinajstić information content (AvgIpc) is 3.02. The largest absolute Gasteiger partial charge is 0.308 e. The van der Waals surface area contributed by atoms with Gasteiger partial charge in [-0.25, -0.2) is 9.97 Å². The van der Waals surface area contributed by atoms with Crippen molar-refractivity contribution < 1.29 is 4.79 Å². The Balaban J connectivity index is 1.84. The van der Waals surface area contributed by atoms with Crippen molar-refractivity contribution >= 4 is 40.6 Å². The van der Waals surface area contributed by atoms with Gasteiger partial charge in [0.1, 0.15) is 12.2 Å². The molecule has 0 spiro atoms. The van der Waals surface area contributed by atoms with Gasteiger partial charge in [0.15, 0.2) is 0 Å². The lowest BCUT2D eigenvalue weighted by atomic mass is 9.95. The van der Waals surface area contributed by atoms with E-state index < -0.39 is 0 Å². The van der Waals surface area contributed by atoms with Crippen LogP contribution in [0.3, 0.4) is 0 Å². The fraction of sp³-hybridized carbons (Fsp3) is 0.294. The third-order valence-corrected chi connectivity index (χ3v) is 4.76. The van der Waals surface area contributed by atoms with Crippen LogP contribution in [-0.2, 0) is 0 Å². The van der Waals surface area contributed by atoms with Gasteiger partial charge in [0, 0.05) is 18.3 Å². The minimum absolute atomic E-state index is 0.0861. The van der Waals surface area contributed by atoms with Gasteiger partial charge in [0.25, 0.3) is 5.91 Å². The Morgan fingerprint density at radius 3 is 2.60 bits per heavy atom. The molecule has 1 unspecified atom stereocenters. The van der Waals surface area contributed by atoms with Crippen LogP contribution in [-0.4, -0.2) is 28.3 Å². The van der Waals surface area contributed by atoms with Crippen LogP contribution in [0, 0.1) is 11.8 Å². The van der Waals surface area contributed by atoms with Gasteiger partial charge in [-0.1, -0.05) is 37.0 Å². The van der Waals surface area contributed by atoms with Gasteiger partial charge in [-0.3, -0.25) is 9.80 Å². The van der Waals surface area contributed by atoms with Crippen molar-refractivity contribution in [2.75, 3.05) is 11.6 Å². The number of hydrazone groups is 1. The maximum atomic E-state index is 12.4. The molecule has 3 rings (SSSR count). The second kappa shape index (κ2) is 7.37. The van der Waals surface area contributed by atoms with Gasteiger partial charge in [-0.2, -0.15) is 5.10 Å². The molecule has 0 bridgehead atoms. The summed E-state index contributed by atoms with van der Waals surface area (Å²) in [5, 5.41) is 10.2. The highest BCUT2D eigenvalue weighted by Gasteiger charge is 2.31. The van der Waals surface area contributed by atoms with Crippen molar-refractivity contribution in [1.29, 1.82) is 0 Å². The molecule has 0 fully saturated rings. The number of amidine groups is 1. The molecule has 0 aliphatic carbocycles. The van der Waals surface area contributed by atoms with Crippen LogP contribution in [0.2, 0.25) is 10.0 Å². The highest BCUT2D eigenvalue weighted by Crippen LogP contribution is 2.31. The molecule has 1 aromatic heterocycles. The Morgan fingerprint density at radius 1 is 1.24 bits per heavy atom. The van der Waals surface area contributed by atoms with E-state index in [-0.39, 0.29) is 11.8 Å². The third-order valence-electron chi connectivity index (χ3n) is 4.02. The summed E-state index contributed by atoms with van der Waals surface area (Å²) < 4.78 is 0. The third kappa shape index (κ3) is 3.91. The van der Waals surface area contributed by atoms with Crippen molar-refractivity contribution in [3.63, 3.8) is 0 Å². The van der Waals surface area contributed by atoms with E-state index in [2.05, 4.69) is 34.2 Å². The summed E-state index contributed by atoms with van der Waals surface area (Å²) in [7, 11) is 0. The summed E-state index contributed by atoms with van der Waals surface area (Å²) in [6.45, 7) is 4.84. The first-order valence-corrected chi connectivity index (χ1v) is 8.58. The van der Waals surface area contributed by atoms with E-state index in [4.69, 9.17) is 23.2 Å². The van der Waals surface area contributed by atoms with Crippen LogP contribution in [0.5, 0.6) is 0 Å². The maximum Gasteiger partial charge on any atom is 0.259 e. The monoisotopic (exact) mass is 377 g/mol. The van der Waals surface area contributed by atoms with Gasteiger partial charge < -0.3 is 5.32 Å². The molecule has 0 saturated carbocycles. The van der Waals surface area contributed by atoms with E-state index in [1.54, 1.807) is 12.1 Å². The molecule has 1 aliphatic rings. The van der Waals surface area contributed by atoms with E-state index in [0.29, 0.717) is 33.9 Å². The van der Waals surface area contributed by atoms with Crippen molar-refractivity contribution in [2.24, 2.45) is 16.9 Å². The smallest absolute Gasteiger partial charge is 0.259 e. The van der Waals surface area contributed by atoms with Crippen LogP contribution < -0.4 is 10.3 Å². The molecule has 1 atom stereocenters. The summed E-state index contributed by atoms with van der Waals surface area (Å²) in [6, 6.07) is 5.35. The number of benzene rings is 1. The molecule has 2 heterocycles. The first kappa shape index (κ1) is 17.6. The molecule has 1 aromatic carbocycles. The molecule has 1 amide bonds. The van der Waals surface area contributed by atoms with Crippen molar-refractivity contribution in [1.82, 2.24) is 15.3 Å². The normalized spacial score (nSPS) is 16.9. The van der Waals surface area contributed by atoms with Crippen LogP contribution in [0.25, 0.3) is 0 Å². The summed E-state index contributed by atoms with van der Waals surface area (Å²) in [5.74, 6) is 0.734. The lowest BCUT2D eigenvalue weighted by Crippen LogP contribution is -2.37. The van der Waals surface area contributed by atoms with Crippen LogP contribution in [0.1, 0.15) is 24.2 Å². The molecular weight excluding hydrogens is 361 g/mol. The lowest BCUT2D eigenvalue weighted by Gasteiger charge is -2.19. The van der Waals surface area contributed by atoms with Crippen LogP contribution in [0.15, 0.2) is 42.0 Å². The predicted octanol–water partition coefficient (Wildman–Crippen LogP) is 3.62. The maximum absolute atomic E-state index is 12.4. The summed E-state index contributed by atoms with van der Waals surface area (Å²) in [4.78, 5) is 20.1. The van der Waals surface area contributed by atoms with Crippen molar-refractivity contribution in [3.8, 4) is 0 Å². The van der Waals surface area contributed by atoms with Gasteiger partial charge in [-0.05, 0) is 24.1 Å². The molecule has 2 aromatic rings. The Labute approximate surface area is 155 Å². The van der Waals surface area contributed by atoms with E-state index >= 15 is 0 Å². The zero-order valence-electron chi connectivity index (χ0n) is 13.8. The molecule has 1 aliphatic heterocycles. The van der Waals surface area contributed by atoms with Gasteiger partial charge in [0.05, 0.1) is 27.8 Å². The number of anilines is 1. The molecule has 0 radical (unpaired) electrons. The second-order valence-corrected chi connectivity index (χ2v) is 6.91.